The van der Waals surface area contributed by atoms with E-state index in [1.165, 1.54) is 12.3 Å². The molecule has 2 aromatic rings. The van der Waals surface area contributed by atoms with Crippen molar-refractivity contribution in [2.24, 2.45) is 5.41 Å². The minimum atomic E-state index is -0.311. The summed E-state index contributed by atoms with van der Waals surface area (Å²) in [4.78, 5) is 8.72. The van der Waals surface area contributed by atoms with Crippen LogP contribution in [0, 0.1) is 11.2 Å². The average molecular weight is 304 g/mol. The van der Waals surface area contributed by atoms with E-state index in [1.807, 2.05) is 13.8 Å². The van der Waals surface area contributed by atoms with E-state index in [-0.39, 0.29) is 17.8 Å². The molecule has 3 nitrogen and oxygen atoms in total. The van der Waals surface area contributed by atoms with E-state index in [0.717, 1.165) is 0 Å². The zero-order valence-electron chi connectivity index (χ0n) is 14.0. The second-order valence-electron chi connectivity index (χ2n) is 6.03. The Morgan fingerprint density at radius 1 is 1.14 bits per heavy atom. The highest BCUT2D eigenvalue weighted by Crippen LogP contribution is 2.28. The first-order valence-corrected chi connectivity index (χ1v) is 7.61. The monoisotopic (exact) mass is 304 g/mol. The Labute approximate surface area is 132 Å². The Morgan fingerprint density at radius 2 is 1.77 bits per heavy atom. The first kappa shape index (κ1) is 18.2. The summed E-state index contributed by atoms with van der Waals surface area (Å²) >= 11 is 0. The molecule has 0 fully saturated rings. The highest BCUT2D eigenvalue weighted by molar-refractivity contribution is 5.62. The molecule has 0 atom stereocenters. The quantitative estimate of drug-likeness (QED) is 0.914. The van der Waals surface area contributed by atoms with Crippen molar-refractivity contribution in [3.8, 4) is 11.3 Å². The van der Waals surface area contributed by atoms with Crippen molar-refractivity contribution in [2.45, 2.75) is 47.6 Å². The fourth-order valence-electron chi connectivity index (χ4n) is 2.05. The molecule has 0 unspecified atom stereocenters. The van der Waals surface area contributed by atoms with Gasteiger partial charge in [0.1, 0.15) is 5.82 Å². The van der Waals surface area contributed by atoms with Gasteiger partial charge in [-0.2, -0.15) is 0 Å². The number of aliphatic hydroxyl groups is 1. The van der Waals surface area contributed by atoms with Gasteiger partial charge in [-0.1, -0.05) is 46.8 Å². The molecule has 0 spiro atoms. The van der Waals surface area contributed by atoms with E-state index < -0.39 is 0 Å². The minimum Gasteiger partial charge on any atom is -0.390 e. The zero-order valence-corrected chi connectivity index (χ0v) is 14.0. The summed E-state index contributed by atoms with van der Waals surface area (Å²) in [6, 6.07) is 6.54. The third-order valence-corrected chi connectivity index (χ3v) is 2.88. The Hall–Kier alpha value is -1.81. The molecule has 0 aliphatic rings. The van der Waals surface area contributed by atoms with Crippen LogP contribution in [-0.2, 0) is 13.0 Å². The van der Waals surface area contributed by atoms with Crippen LogP contribution >= 0.6 is 0 Å². The summed E-state index contributed by atoms with van der Waals surface area (Å²) in [5.41, 5.74) is 2.22. The average Bonchev–Trinajstić information content (AvgIpc) is 2.48. The lowest BCUT2D eigenvalue weighted by Crippen LogP contribution is -2.13. The SMILES string of the molecule is CC.CC(C)(C)Cc1nc(CO)cnc1-c1ccccc1F. The van der Waals surface area contributed by atoms with Crippen LogP contribution in [0.25, 0.3) is 11.3 Å². The Balaban J connectivity index is 0.00000116. The molecule has 0 amide bonds. The van der Waals surface area contributed by atoms with Gasteiger partial charge >= 0.3 is 0 Å². The smallest absolute Gasteiger partial charge is 0.132 e. The first-order valence-electron chi connectivity index (χ1n) is 7.61. The highest BCUT2D eigenvalue weighted by Gasteiger charge is 2.19. The molecule has 1 heterocycles. The molecule has 4 heteroatoms. The van der Waals surface area contributed by atoms with Crippen molar-refractivity contribution in [3.05, 3.63) is 47.7 Å². The summed E-state index contributed by atoms with van der Waals surface area (Å²) < 4.78 is 14.0. The summed E-state index contributed by atoms with van der Waals surface area (Å²) in [6.07, 6.45) is 2.16. The lowest BCUT2D eigenvalue weighted by Gasteiger charge is -2.19. The normalized spacial score (nSPS) is 10.9. The number of hydrogen-bond donors (Lipinski definition) is 1. The van der Waals surface area contributed by atoms with Crippen LogP contribution in [0.5, 0.6) is 0 Å². The van der Waals surface area contributed by atoms with Crippen LogP contribution in [0.1, 0.15) is 46.0 Å². The Kier molecular flexibility index (Phi) is 6.62. The van der Waals surface area contributed by atoms with E-state index in [4.69, 9.17) is 0 Å². The standard InChI is InChI=1S/C16H19FN2O.C2H6/c1-16(2,3)8-14-15(18-9-11(10-20)19-14)12-6-4-5-7-13(12)17;1-2/h4-7,9,20H,8,10H2,1-3H3;1-2H3. The number of aromatic nitrogens is 2. The van der Waals surface area contributed by atoms with Gasteiger partial charge in [0.05, 0.1) is 29.9 Å². The number of benzene rings is 1. The molecule has 22 heavy (non-hydrogen) atoms. The number of nitrogens with zero attached hydrogens (tertiary/aromatic N) is 2. The van der Waals surface area contributed by atoms with Crippen molar-refractivity contribution in [3.63, 3.8) is 0 Å². The van der Waals surface area contributed by atoms with Crippen molar-refractivity contribution in [2.75, 3.05) is 0 Å². The van der Waals surface area contributed by atoms with Crippen LogP contribution in [-0.4, -0.2) is 15.1 Å². The highest BCUT2D eigenvalue weighted by atomic mass is 19.1. The van der Waals surface area contributed by atoms with Crippen LogP contribution in [0.2, 0.25) is 0 Å². The molecule has 1 N–H and O–H groups in total. The van der Waals surface area contributed by atoms with Crippen molar-refractivity contribution < 1.29 is 9.50 Å². The van der Waals surface area contributed by atoms with Gasteiger partial charge in [-0.05, 0) is 24.0 Å². The summed E-state index contributed by atoms with van der Waals surface area (Å²) in [5, 5.41) is 9.20. The zero-order chi connectivity index (χ0) is 16.8. The van der Waals surface area contributed by atoms with Gasteiger partial charge in [-0.25, -0.2) is 4.39 Å². The van der Waals surface area contributed by atoms with Crippen LogP contribution < -0.4 is 0 Å². The fourth-order valence-corrected chi connectivity index (χ4v) is 2.05. The topological polar surface area (TPSA) is 46.0 Å². The summed E-state index contributed by atoms with van der Waals surface area (Å²) in [6.45, 7) is 10.1. The van der Waals surface area contributed by atoms with Crippen LogP contribution in [0.15, 0.2) is 30.5 Å². The van der Waals surface area contributed by atoms with E-state index in [1.54, 1.807) is 18.2 Å². The van der Waals surface area contributed by atoms with Gasteiger partial charge < -0.3 is 5.11 Å². The minimum absolute atomic E-state index is 0.00274. The fraction of sp³-hybridized carbons (Fsp3) is 0.444. The van der Waals surface area contributed by atoms with E-state index >= 15 is 0 Å². The molecule has 0 aliphatic carbocycles. The Morgan fingerprint density at radius 3 is 2.32 bits per heavy atom. The van der Waals surface area contributed by atoms with Gasteiger partial charge in [0.2, 0.25) is 0 Å². The third-order valence-electron chi connectivity index (χ3n) is 2.88. The summed E-state index contributed by atoms with van der Waals surface area (Å²) in [5.74, 6) is -0.311. The van der Waals surface area contributed by atoms with E-state index in [2.05, 4.69) is 30.7 Å². The molecule has 0 radical (unpaired) electrons. The van der Waals surface area contributed by atoms with E-state index in [9.17, 15) is 9.50 Å². The van der Waals surface area contributed by atoms with E-state index in [0.29, 0.717) is 29.1 Å². The van der Waals surface area contributed by atoms with Gasteiger partial charge in [-0.15, -0.1) is 0 Å². The van der Waals surface area contributed by atoms with Crippen LogP contribution in [0.3, 0.4) is 0 Å². The molecular weight excluding hydrogens is 279 g/mol. The second kappa shape index (κ2) is 7.99. The van der Waals surface area contributed by atoms with Crippen molar-refractivity contribution in [1.82, 2.24) is 9.97 Å². The molecule has 120 valence electrons. The lowest BCUT2D eigenvalue weighted by atomic mass is 9.89. The molecule has 2 rings (SSSR count). The molecule has 1 aromatic carbocycles. The lowest BCUT2D eigenvalue weighted by molar-refractivity contribution is 0.275. The maximum Gasteiger partial charge on any atom is 0.132 e. The van der Waals surface area contributed by atoms with Gasteiger partial charge in [-0.3, -0.25) is 9.97 Å². The molecule has 1 aromatic heterocycles. The van der Waals surface area contributed by atoms with Crippen LogP contribution in [0.4, 0.5) is 4.39 Å². The largest absolute Gasteiger partial charge is 0.390 e. The maximum atomic E-state index is 14.0. The molecule has 0 saturated heterocycles. The van der Waals surface area contributed by atoms with Gasteiger partial charge in [0, 0.05) is 5.56 Å². The molecule has 0 saturated carbocycles. The predicted molar refractivity (Wildman–Crippen MR) is 87.9 cm³/mol. The maximum absolute atomic E-state index is 14.0. The Bertz CT molecular complexity index is 606. The third kappa shape index (κ3) is 4.88. The molecule has 0 bridgehead atoms. The predicted octanol–water partition coefficient (Wildman–Crippen LogP) is 4.39. The molecule has 0 aliphatic heterocycles. The van der Waals surface area contributed by atoms with Crippen molar-refractivity contribution in [1.29, 1.82) is 0 Å². The number of halogens is 1. The van der Waals surface area contributed by atoms with Gasteiger partial charge in [0.15, 0.2) is 0 Å². The number of aliphatic hydroxyl groups excluding tert-OH is 1. The summed E-state index contributed by atoms with van der Waals surface area (Å²) in [7, 11) is 0. The number of hydrogen-bond acceptors (Lipinski definition) is 3. The molecular formula is C18H25FN2O. The van der Waals surface area contributed by atoms with Crippen molar-refractivity contribution >= 4 is 0 Å². The number of rotatable bonds is 3. The second-order valence-corrected chi connectivity index (χ2v) is 6.03. The van der Waals surface area contributed by atoms with Gasteiger partial charge in [0.25, 0.3) is 0 Å². The first-order chi connectivity index (χ1) is 10.4.